The van der Waals surface area contributed by atoms with E-state index in [1.165, 1.54) is 0 Å². The minimum absolute atomic E-state index is 0.0699. The van der Waals surface area contributed by atoms with Crippen molar-refractivity contribution >= 4 is 33.4 Å². The number of fused-ring (bicyclic) bond motifs is 2. The van der Waals surface area contributed by atoms with Gasteiger partial charge in [-0.3, -0.25) is 24.4 Å². The van der Waals surface area contributed by atoms with Crippen molar-refractivity contribution in [2.75, 3.05) is 5.32 Å². The molecule has 38 heavy (non-hydrogen) atoms. The predicted molar refractivity (Wildman–Crippen MR) is 145 cm³/mol. The molecule has 1 amide bonds. The maximum atomic E-state index is 12.6. The maximum Gasteiger partial charge on any atom is 0.227 e. The Morgan fingerprint density at radius 2 is 1.92 bits per heavy atom. The largest absolute Gasteiger partial charge is 0.353 e. The van der Waals surface area contributed by atoms with Gasteiger partial charge in [0.2, 0.25) is 5.91 Å². The van der Waals surface area contributed by atoms with Gasteiger partial charge in [0, 0.05) is 40.8 Å². The van der Waals surface area contributed by atoms with Gasteiger partial charge >= 0.3 is 0 Å². The summed E-state index contributed by atoms with van der Waals surface area (Å²) in [5.41, 5.74) is 6.60. The van der Waals surface area contributed by atoms with Crippen molar-refractivity contribution in [2.45, 2.75) is 32.6 Å². The quantitative estimate of drug-likeness (QED) is 0.297. The highest BCUT2D eigenvalue weighted by Gasteiger charge is 2.23. The molecule has 0 bridgehead atoms. The van der Waals surface area contributed by atoms with Gasteiger partial charge in [-0.05, 0) is 44.0 Å². The van der Waals surface area contributed by atoms with Gasteiger partial charge in [0.15, 0.2) is 0 Å². The van der Waals surface area contributed by atoms with Crippen LogP contribution in [-0.2, 0) is 4.79 Å². The summed E-state index contributed by atoms with van der Waals surface area (Å²) < 4.78 is 1.92. The molecule has 0 atom stereocenters. The maximum absolute atomic E-state index is 12.6. The smallest absolute Gasteiger partial charge is 0.227 e. The number of nitrogens with zero attached hydrogens (tertiary/aromatic N) is 6. The van der Waals surface area contributed by atoms with Crippen LogP contribution in [0.2, 0.25) is 0 Å². The molecule has 0 radical (unpaired) electrons. The van der Waals surface area contributed by atoms with Crippen molar-refractivity contribution in [3.05, 3.63) is 67.3 Å². The molecule has 0 saturated heterocycles. The number of pyridine rings is 3. The Labute approximate surface area is 217 Å². The second kappa shape index (κ2) is 8.91. The number of amides is 1. The van der Waals surface area contributed by atoms with Gasteiger partial charge in [-0.1, -0.05) is 12.8 Å². The summed E-state index contributed by atoms with van der Waals surface area (Å²) in [4.78, 5) is 34.0. The van der Waals surface area contributed by atoms with Crippen molar-refractivity contribution in [3.63, 3.8) is 0 Å². The van der Waals surface area contributed by atoms with Crippen LogP contribution in [-0.4, -0.2) is 45.6 Å². The van der Waals surface area contributed by atoms with Crippen LogP contribution in [0.1, 0.15) is 31.4 Å². The standard InChI is InChI=1S/C28H25N9O/c1-16-14-37(15-32-16)27-21-10-24(34-22(21)6-7-30-27)26-20-9-23(31-13-25(20)35-36-26)18-8-19(12-29-11-18)33-28(38)17-4-2-3-5-17/h6-15,17,34H,2-5H2,1H3,(H,33,38)(H,35,36). The molecule has 1 aliphatic rings. The number of aryl methyl sites for hydroxylation is 1. The molecular formula is C28H25N9O. The lowest BCUT2D eigenvalue weighted by Gasteiger charge is -2.11. The number of aromatic amines is 2. The zero-order valence-corrected chi connectivity index (χ0v) is 20.8. The third kappa shape index (κ3) is 3.90. The first kappa shape index (κ1) is 22.3. The average molecular weight is 504 g/mol. The first-order valence-corrected chi connectivity index (χ1v) is 12.7. The number of carbonyl (C=O) groups excluding carboxylic acids is 1. The van der Waals surface area contributed by atoms with Crippen LogP contribution < -0.4 is 5.32 Å². The lowest BCUT2D eigenvalue weighted by atomic mass is 10.1. The van der Waals surface area contributed by atoms with E-state index < -0.39 is 0 Å². The van der Waals surface area contributed by atoms with Crippen molar-refractivity contribution in [2.24, 2.45) is 5.92 Å². The first-order valence-electron chi connectivity index (χ1n) is 12.7. The molecule has 0 aliphatic heterocycles. The number of carbonyl (C=O) groups is 1. The van der Waals surface area contributed by atoms with Gasteiger partial charge in [-0.2, -0.15) is 5.10 Å². The second-order valence-electron chi connectivity index (χ2n) is 9.82. The fraction of sp³-hybridized carbons (Fsp3) is 0.214. The molecule has 10 nitrogen and oxygen atoms in total. The number of hydrogen-bond acceptors (Lipinski definition) is 6. The van der Waals surface area contributed by atoms with Gasteiger partial charge in [0.1, 0.15) is 17.8 Å². The van der Waals surface area contributed by atoms with E-state index >= 15 is 0 Å². The van der Waals surface area contributed by atoms with Crippen molar-refractivity contribution in [1.29, 1.82) is 0 Å². The normalized spacial score (nSPS) is 14.0. The van der Waals surface area contributed by atoms with E-state index in [9.17, 15) is 4.79 Å². The topological polar surface area (TPSA) is 130 Å². The molecular weight excluding hydrogens is 478 g/mol. The predicted octanol–water partition coefficient (Wildman–Crippen LogP) is 5.19. The van der Waals surface area contributed by atoms with Crippen LogP contribution in [0.15, 0.2) is 61.6 Å². The highest BCUT2D eigenvalue weighted by Crippen LogP contribution is 2.33. The van der Waals surface area contributed by atoms with Gasteiger partial charge in [0.05, 0.1) is 46.2 Å². The van der Waals surface area contributed by atoms with E-state index in [1.54, 1.807) is 31.1 Å². The average Bonchev–Trinajstić information content (AvgIpc) is 3.74. The van der Waals surface area contributed by atoms with Gasteiger partial charge < -0.3 is 10.3 Å². The number of hydrogen-bond donors (Lipinski definition) is 3. The summed E-state index contributed by atoms with van der Waals surface area (Å²) in [5.74, 6) is 0.960. The first-order chi connectivity index (χ1) is 18.6. The highest BCUT2D eigenvalue weighted by molar-refractivity contribution is 5.98. The van der Waals surface area contributed by atoms with E-state index in [4.69, 9.17) is 0 Å². The molecule has 0 unspecified atom stereocenters. The van der Waals surface area contributed by atoms with E-state index in [2.05, 4.69) is 46.5 Å². The van der Waals surface area contributed by atoms with Crippen molar-refractivity contribution < 1.29 is 4.79 Å². The van der Waals surface area contributed by atoms with Crippen LogP contribution in [0.4, 0.5) is 5.69 Å². The third-order valence-electron chi connectivity index (χ3n) is 7.21. The Kier molecular flexibility index (Phi) is 5.24. The van der Waals surface area contributed by atoms with E-state index in [1.807, 2.05) is 35.9 Å². The zero-order chi connectivity index (χ0) is 25.6. The summed E-state index contributed by atoms with van der Waals surface area (Å²) in [5, 5.41) is 12.6. The van der Waals surface area contributed by atoms with Crippen LogP contribution in [0, 0.1) is 12.8 Å². The summed E-state index contributed by atoms with van der Waals surface area (Å²) in [6.07, 6.45) is 14.8. The Morgan fingerprint density at radius 3 is 2.76 bits per heavy atom. The monoisotopic (exact) mass is 503 g/mol. The minimum Gasteiger partial charge on any atom is -0.353 e. The molecule has 6 aromatic heterocycles. The van der Waals surface area contributed by atoms with Gasteiger partial charge in [-0.15, -0.1) is 0 Å². The third-order valence-corrected chi connectivity index (χ3v) is 7.21. The fourth-order valence-corrected chi connectivity index (χ4v) is 5.27. The van der Waals surface area contributed by atoms with E-state index in [0.717, 1.165) is 81.6 Å². The number of H-pyrrole nitrogens is 2. The summed E-state index contributed by atoms with van der Waals surface area (Å²) >= 11 is 0. The molecule has 6 heterocycles. The van der Waals surface area contributed by atoms with Gasteiger partial charge in [0.25, 0.3) is 0 Å². The van der Waals surface area contributed by atoms with Crippen LogP contribution in [0.25, 0.3) is 50.3 Å². The van der Waals surface area contributed by atoms with Crippen LogP contribution in [0.5, 0.6) is 0 Å². The molecule has 7 rings (SSSR count). The molecule has 188 valence electrons. The SMILES string of the molecule is Cc1cn(-c2nccc3[nH]c(-c4n[nH]c5cnc(-c6cncc(NC(=O)C7CCCC7)c6)cc45)cc23)cn1. The van der Waals surface area contributed by atoms with Gasteiger partial charge in [-0.25, -0.2) is 9.97 Å². The highest BCUT2D eigenvalue weighted by atomic mass is 16.1. The number of aromatic nitrogens is 8. The lowest BCUT2D eigenvalue weighted by molar-refractivity contribution is -0.119. The summed E-state index contributed by atoms with van der Waals surface area (Å²) in [6, 6.07) is 7.92. The zero-order valence-electron chi connectivity index (χ0n) is 20.8. The van der Waals surface area contributed by atoms with E-state index in [0.29, 0.717) is 5.69 Å². The molecule has 1 fully saturated rings. The minimum atomic E-state index is 0.0699. The molecule has 1 aliphatic carbocycles. The second-order valence-corrected chi connectivity index (χ2v) is 9.82. The number of imidazole rings is 1. The van der Waals surface area contributed by atoms with Crippen molar-refractivity contribution in [1.82, 2.24) is 39.7 Å². The number of nitrogens with one attached hydrogen (secondary N) is 3. The fourth-order valence-electron chi connectivity index (χ4n) is 5.27. The Hall–Kier alpha value is -4.86. The molecule has 3 N–H and O–H groups in total. The number of rotatable bonds is 5. The molecule has 0 aromatic carbocycles. The van der Waals surface area contributed by atoms with E-state index in [-0.39, 0.29) is 11.8 Å². The van der Waals surface area contributed by atoms with Crippen molar-refractivity contribution in [3.8, 4) is 28.5 Å². The Balaban J connectivity index is 1.24. The van der Waals surface area contributed by atoms with Crippen LogP contribution >= 0.6 is 0 Å². The molecule has 1 saturated carbocycles. The number of anilines is 1. The molecule has 6 aromatic rings. The Bertz CT molecular complexity index is 1810. The summed E-state index contributed by atoms with van der Waals surface area (Å²) in [7, 11) is 0. The molecule has 10 heteroatoms. The molecule has 0 spiro atoms. The Morgan fingerprint density at radius 1 is 1.03 bits per heavy atom. The lowest BCUT2D eigenvalue weighted by Crippen LogP contribution is -2.20. The van der Waals surface area contributed by atoms with Crippen LogP contribution in [0.3, 0.4) is 0 Å². The summed E-state index contributed by atoms with van der Waals surface area (Å²) in [6.45, 7) is 1.95.